The molecule has 1 saturated heterocycles. The number of benzene rings is 2. The van der Waals surface area contributed by atoms with Crippen LogP contribution in [0.25, 0.3) is 0 Å². The van der Waals surface area contributed by atoms with E-state index in [4.69, 9.17) is 4.74 Å². The van der Waals surface area contributed by atoms with E-state index in [1.807, 2.05) is 47.4 Å². The molecule has 30 heavy (non-hydrogen) atoms. The number of anilines is 3. The molecule has 2 aliphatic rings. The maximum atomic E-state index is 12.7. The van der Waals surface area contributed by atoms with Gasteiger partial charge in [-0.15, -0.1) is 0 Å². The third kappa shape index (κ3) is 4.80. The Bertz CT molecular complexity index is 894. The number of para-hydroxylation sites is 1. The Morgan fingerprint density at radius 1 is 1.00 bits per heavy atom. The summed E-state index contributed by atoms with van der Waals surface area (Å²) in [5.41, 5.74) is 4.07. The number of nitrogens with one attached hydrogen (secondary N) is 1. The minimum Gasteiger partial charge on any atom is -0.378 e. The maximum absolute atomic E-state index is 12.7. The summed E-state index contributed by atoms with van der Waals surface area (Å²) in [6.07, 6.45) is 0.882. The lowest BCUT2D eigenvalue weighted by atomic mass is 10.2. The van der Waals surface area contributed by atoms with Gasteiger partial charge in [0.1, 0.15) is 0 Å². The van der Waals surface area contributed by atoms with E-state index < -0.39 is 0 Å². The molecule has 2 aliphatic heterocycles. The average Bonchev–Trinajstić information content (AvgIpc) is 3.19. The van der Waals surface area contributed by atoms with Crippen LogP contribution in [0.15, 0.2) is 48.5 Å². The van der Waals surface area contributed by atoms with E-state index in [-0.39, 0.29) is 24.9 Å². The minimum absolute atomic E-state index is 0.0186. The van der Waals surface area contributed by atoms with E-state index in [0.29, 0.717) is 6.54 Å². The lowest BCUT2D eigenvalue weighted by molar-refractivity contribution is -0.120. The Morgan fingerprint density at radius 3 is 2.50 bits per heavy atom. The Kier molecular flexibility index (Phi) is 6.30. The first kappa shape index (κ1) is 20.4. The van der Waals surface area contributed by atoms with Crippen molar-refractivity contribution in [2.24, 2.45) is 0 Å². The molecule has 1 N–H and O–H groups in total. The van der Waals surface area contributed by atoms with Crippen LogP contribution in [0.4, 0.5) is 17.1 Å². The van der Waals surface area contributed by atoms with Crippen molar-refractivity contribution < 1.29 is 14.3 Å². The lowest BCUT2D eigenvalue weighted by Gasteiger charge is -2.28. The van der Waals surface area contributed by atoms with Gasteiger partial charge < -0.3 is 19.9 Å². The summed E-state index contributed by atoms with van der Waals surface area (Å²) in [4.78, 5) is 30.9. The highest BCUT2D eigenvalue weighted by molar-refractivity contribution is 5.97. The number of fused-ring (bicyclic) bond motifs is 1. The molecular formula is C23H28N4O3. The predicted octanol–water partition coefficient (Wildman–Crippen LogP) is 1.98. The molecule has 4 rings (SSSR count). The first-order valence-corrected chi connectivity index (χ1v) is 10.4. The number of carbonyl (C=O) groups is 2. The van der Waals surface area contributed by atoms with Crippen LogP contribution in [-0.4, -0.2) is 69.7 Å². The van der Waals surface area contributed by atoms with Gasteiger partial charge in [-0.1, -0.05) is 18.2 Å². The van der Waals surface area contributed by atoms with E-state index in [1.54, 1.807) is 11.9 Å². The minimum atomic E-state index is -0.133. The fourth-order valence-corrected chi connectivity index (χ4v) is 3.99. The molecule has 0 bridgehead atoms. The zero-order chi connectivity index (χ0) is 20.9. The molecule has 0 aliphatic carbocycles. The van der Waals surface area contributed by atoms with Crippen molar-refractivity contribution in [3.8, 4) is 0 Å². The Hall–Kier alpha value is -2.90. The molecule has 0 saturated carbocycles. The average molecular weight is 409 g/mol. The summed E-state index contributed by atoms with van der Waals surface area (Å²) < 4.78 is 5.38. The third-order valence-corrected chi connectivity index (χ3v) is 5.53. The Morgan fingerprint density at radius 2 is 1.73 bits per heavy atom. The number of amides is 2. The van der Waals surface area contributed by atoms with E-state index in [1.165, 1.54) is 5.56 Å². The van der Waals surface area contributed by atoms with Gasteiger partial charge in [-0.05, 0) is 49.4 Å². The topological polar surface area (TPSA) is 65.1 Å². The summed E-state index contributed by atoms with van der Waals surface area (Å²) in [5.74, 6) is -0.114. The van der Waals surface area contributed by atoms with Gasteiger partial charge in [0.15, 0.2) is 0 Å². The first-order valence-electron chi connectivity index (χ1n) is 10.4. The summed E-state index contributed by atoms with van der Waals surface area (Å²) in [7, 11) is 1.79. The summed E-state index contributed by atoms with van der Waals surface area (Å²) >= 11 is 0. The van der Waals surface area contributed by atoms with Gasteiger partial charge in [0, 0.05) is 36.7 Å². The number of hydrogen-bond donors (Lipinski definition) is 1. The maximum Gasteiger partial charge on any atom is 0.241 e. The normalized spacial score (nSPS) is 15.9. The zero-order valence-electron chi connectivity index (χ0n) is 17.3. The molecule has 0 unspecified atom stereocenters. The van der Waals surface area contributed by atoms with Crippen LogP contribution < -0.4 is 15.1 Å². The predicted molar refractivity (Wildman–Crippen MR) is 118 cm³/mol. The highest BCUT2D eigenvalue weighted by atomic mass is 16.5. The van der Waals surface area contributed by atoms with E-state index >= 15 is 0 Å². The van der Waals surface area contributed by atoms with Crippen molar-refractivity contribution in [1.82, 2.24) is 4.90 Å². The number of likely N-dealkylation sites (N-methyl/N-ethyl adjacent to an activating group) is 1. The van der Waals surface area contributed by atoms with E-state index in [2.05, 4.69) is 16.3 Å². The fourth-order valence-electron chi connectivity index (χ4n) is 3.99. The molecule has 7 nitrogen and oxygen atoms in total. The van der Waals surface area contributed by atoms with Crippen molar-refractivity contribution in [3.05, 3.63) is 54.1 Å². The van der Waals surface area contributed by atoms with Crippen LogP contribution in [0, 0.1) is 0 Å². The van der Waals surface area contributed by atoms with Gasteiger partial charge >= 0.3 is 0 Å². The second-order valence-electron chi connectivity index (χ2n) is 7.79. The number of nitrogens with zero attached hydrogens (tertiary/aromatic N) is 3. The molecule has 2 amide bonds. The van der Waals surface area contributed by atoms with Crippen molar-refractivity contribution in [2.45, 2.75) is 6.42 Å². The molecule has 0 atom stereocenters. The van der Waals surface area contributed by atoms with Crippen LogP contribution in [0.5, 0.6) is 0 Å². The van der Waals surface area contributed by atoms with Gasteiger partial charge in [-0.3, -0.25) is 14.5 Å². The lowest BCUT2D eigenvalue weighted by Crippen LogP contribution is -2.40. The quantitative estimate of drug-likeness (QED) is 0.792. The van der Waals surface area contributed by atoms with Gasteiger partial charge in [0.05, 0.1) is 26.3 Å². The summed E-state index contributed by atoms with van der Waals surface area (Å²) in [5, 5.41) is 2.91. The number of rotatable bonds is 6. The van der Waals surface area contributed by atoms with Gasteiger partial charge in [-0.25, -0.2) is 0 Å². The molecule has 7 heteroatoms. The monoisotopic (exact) mass is 408 g/mol. The van der Waals surface area contributed by atoms with Crippen molar-refractivity contribution >= 4 is 28.9 Å². The zero-order valence-corrected chi connectivity index (χ0v) is 17.3. The van der Waals surface area contributed by atoms with Gasteiger partial charge in [0.2, 0.25) is 11.8 Å². The molecule has 0 spiro atoms. The Labute approximate surface area is 177 Å². The highest BCUT2D eigenvalue weighted by Gasteiger charge is 2.25. The van der Waals surface area contributed by atoms with Crippen LogP contribution in [0.1, 0.15) is 5.56 Å². The molecule has 2 aromatic rings. The Balaban J connectivity index is 1.26. The second-order valence-corrected chi connectivity index (χ2v) is 7.79. The van der Waals surface area contributed by atoms with Crippen LogP contribution in [0.2, 0.25) is 0 Å². The molecule has 0 aromatic heterocycles. The fraction of sp³-hybridized carbons (Fsp3) is 0.391. The first-order chi connectivity index (χ1) is 14.6. The van der Waals surface area contributed by atoms with Crippen molar-refractivity contribution in [1.29, 1.82) is 0 Å². The number of morpholine rings is 1. The number of hydrogen-bond acceptors (Lipinski definition) is 5. The van der Waals surface area contributed by atoms with Crippen molar-refractivity contribution in [3.63, 3.8) is 0 Å². The van der Waals surface area contributed by atoms with Gasteiger partial charge in [0.25, 0.3) is 0 Å². The largest absolute Gasteiger partial charge is 0.378 e. The SMILES string of the molecule is CN(CC(=O)Nc1ccc(N2CCOCC2)cc1)CC(=O)N1CCc2ccccc21. The highest BCUT2D eigenvalue weighted by Crippen LogP contribution is 2.27. The molecule has 158 valence electrons. The van der Waals surface area contributed by atoms with E-state index in [0.717, 1.165) is 49.8 Å². The van der Waals surface area contributed by atoms with E-state index in [9.17, 15) is 9.59 Å². The second kappa shape index (κ2) is 9.28. The molecule has 0 radical (unpaired) electrons. The number of ether oxygens (including phenoxy) is 1. The number of carbonyl (C=O) groups excluding carboxylic acids is 2. The molecule has 2 heterocycles. The standard InChI is InChI=1S/C23H28N4O3/c1-25(17-23(29)27-11-10-18-4-2-3-5-21(18)27)16-22(28)24-19-6-8-20(9-7-19)26-12-14-30-15-13-26/h2-9H,10-17H2,1H3,(H,24,28). The molecule has 2 aromatic carbocycles. The van der Waals surface area contributed by atoms with Gasteiger partial charge in [-0.2, -0.15) is 0 Å². The molecule has 1 fully saturated rings. The third-order valence-electron chi connectivity index (χ3n) is 5.53. The van der Waals surface area contributed by atoms with Crippen molar-refractivity contribution in [2.75, 3.05) is 68.1 Å². The summed E-state index contributed by atoms with van der Waals surface area (Å²) in [6.45, 7) is 4.31. The summed E-state index contributed by atoms with van der Waals surface area (Å²) in [6, 6.07) is 15.8. The van der Waals surface area contributed by atoms with Crippen LogP contribution >= 0.6 is 0 Å². The smallest absolute Gasteiger partial charge is 0.241 e. The van der Waals surface area contributed by atoms with Crippen LogP contribution in [0.3, 0.4) is 0 Å². The van der Waals surface area contributed by atoms with Crippen LogP contribution in [-0.2, 0) is 20.7 Å². The molecular weight excluding hydrogens is 380 g/mol.